The molecular weight excluding hydrogens is 366 g/mol. The number of carbonyl (C=O) groups excluding carboxylic acids is 1. The van der Waals surface area contributed by atoms with Crippen LogP contribution in [0.5, 0.6) is 0 Å². The molecule has 0 unspecified atom stereocenters. The average Bonchev–Trinajstić information content (AvgIpc) is 2.71. The van der Waals surface area contributed by atoms with Crippen molar-refractivity contribution in [1.82, 2.24) is 15.1 Å². The zero-order valence-corrected chi connectivity index (χ0v) is 18.7. The lowest BCUT2D eigenvalue weighted by molar-refractivity contribution is -0.127. The number of carbonyl (C=O) groups is 1. The van der Waals surface area contributed by atoms with Gasteiger partial charge in [0.05, 0.1) is 0 Å². The molecule has 0 bridgehead atoms. The summed E-state index contributed by atoms with van der Waals surface area (Å²) in [4.78, 5) is 22.9. The van der Waals surface area contributed by atoms with Crippen molar-refractivity contribution in [2.45, 2.75) is 27.2 Å². The average molecular weight is 404 g/mol. The van der Waals surface area contributed by atoms with Gasteiger partial charge in [0.1, 0.15) is 6.54 Å². The van der Waals surface area contributed by atoms with Crippen molar-refractivity contribution in [3.63, 3.8) is 0 Å². The van der Waals surface area contributed by atoms with Gasteiger partial charge in [-0.2, -0.15) is 0 Å². The monoisotopic (exact) mass is 403 g/mol. The number of amides is 1. The molecule has 0 aromatic heterocycles. The lowest BCUT2D eigenvalue weighted by Gasteiger charge is -2.38. The molecule has 1 aliphatic rings. The van der Waals surface area contributed by atoms with E-state index >= 15 is 0 Å². The number of anilines is 1. The van der Waals surface area contributed by atoms with E-state index < -0.39 is 0 Å². The molecule has 0 atom stereocenters. The molecule has 162 valence electrons. The van der Waals surface area contributed by atoms with Crippen molar-refractivity contribution >= 4 is 17.6 Å². The van der Waals surface area contributed by atoms with Crippen molar-refractivity contribution in [3.05, 3.63) is 29.3 Å². The highest BCUT2D eigenvalue weighted by Crippen LogP contribution is 2.22. The number of hydrogen-bond donors (Lipinski definition) is 1. The topological polar surface area (TPSA) is 60.4 Å². The van der Waals surface area contributed by atoms with Gasteiger partial charge in [-0.25, -0.2) is 4.99 Å². The fourth-order valence-electron chi connectivity index (χ4n) is 3.29. The Hall–Kier alpha value is -2.28. The third kappa shape index (κ3) is 7.24. The van der Waals surface area contributed by atoms with E-state index in [0.29, 0.717) is 0 Å². The van der Waals surface area contributed by atoms with Crippen LogP contribution < -0.4 is 10.2 Å². The van der Waals surface area contributed by atoms with Crippen molar-refractivity contribution in [2.75, 3.05) is 71.5 Å². The standard InChI is InChI=1S/C22H37N5O2/c1-6-29-15-7-10-23-22(24-17-21(28)25(4)5)27-13-11-26(12-14-27)20-16-18(2)8-9-19(20)3/h8-9,16H,6-7,10-15,17H2,1-5H3,(H,23,24). The normalized spacial score (nSPS) is 14.9. The third-order valence-electron chi connectivity index (χ3n) is 5.10. The fourth-order valence-corrected chi connectivity index (χ4v) is 3.29. The van der Waals surface area contributed by atoms with E-state index in [-0.39, 0.29) is 12.5 Å². The summed E-state index contributed by atoms with van der Waals surface area (Å²) in [5.74, 6) is 0.824. The Balaban J connectivity index is 1.98. The Bertz CT molecular complexity index is 682. The van der Waals surface area contributed by atoms with Gasteiger partial charge in [-0.1, -0.05) is 12.1 Å². The highest BCUT2D eigenvalue weighted by atomic mass is 16.5. The van der Waals surface area contributed by atoms with Gasteiger partial charge in [-0.3, -0.25) is 4.79 Å². The molecule has 29 heavy (non-hydrogen) atoms. The van der Waals surface area contributed by atoms with E-state index in [1.54, 1.807) is 19.0 Å². The minimum absolute atomic E-state index is 0.00707. The Morgan fingerprint density at radius 1 is 1.21 bits per heavy atom. The Morgan fingerprint density at radius 3 is 2.59 bits per heavy atom. The molecule has 1 saturated heterocycles. The molecule has 1 N–H and O–H groups in total. The zero-order valence-electron chi connectivity index (χ0n) is 18.7. The number of guanidine groups is 1. The molecule has 0 spiro atoms. The maximum atomic E-state index is 12.0. The van der Waals surface area contributed by atoms with Crippen molar-refractivity contribution < 1.29 is 9.53 Å². The highest BCUT2D eigenvalue weighted by molar-refractivity contribution is 5.85. The number of aryl methyl sites for hydroxylation is 2. The molecule has 0 saturated carbocycles. The van der Waals surface area contributed by atoms with Crippen LogP contribution in [0.15, 0.2) is 23.2 Å². The molecule has 1 heterocycles. The lowest BCUT2D eigenvalue weighted by atomic mass is 10.1. The third-order valence-corrected chi connectivity index (χ3v) is 5.10. The first-order chi connectivity index (χ1) is 13.9. The fraction of sp³-hybridized carbons (Fsp3) is 0.636. The van der Waals surface area contributed by atoms with Crippen molar-refractivity contribution in [3.8, 4) is 0 Å². The maximum absolute atomic E-state index is 12.0. The van der Waals surface area contributed by atoms with Crippen LogP contribution in [0.4, 0.5) is 5.69 Å². The van der Waals surface area contributed by atoms with Gasteiger partial charge in [0.2, 0.25) is 5.91 Å². The van der Waals surface area contributed by atoms with Crippen LogP contribution in [0.2, 0.25) is 0 Å². The van der Waals surface area contributed by atoms with Crippen molar-refractivity contribution in [2.24, 2.45) is 4.99 Å². The predicted molar refractivity (Wildman–Crippen MR) is 120 cm³/mol. The summed E-state index contributed by atoms with van der Waals surface area (Å²) < 4.78 is 5.41. The van der Waals surface area contributed by atoms with Crippen LogP contribution in [0.25, 0.3) is 0 Å². The van der Waals surface area contributed by atoms with Crippen LogP contribution in [-0.2, 0) is 9.53 Å². The number of ether oxygens (including phenoxy) is 1. The second-order valence-corrected chi connectivity index (χ2v) is 7.67. The molecule has 1 aliphatic heterocycles. The van der Waals surface area contributed by atoms with Gasteiger partial charge in [-0.05, 0) is 44.4 Å². The van der Waals surface area contributed by atoms with Crippen LogP contribution in [0.1, 0.15) is 24.5 Å². The largest absolute Gasteiger partial charge is 0.382 e. The molecule has 2 rings (SSSR count). The first-order valence-corrected chi connectivity index (χ1v) is 10.6. The van der Waals surface area contributed by atoms with Gasteiger partial charge in [0.15, 0.2) is 5.96 Å². The molecule has 0 aliphatic carbocycles. The molecule has 1 fully saturated rings. The summed E-state index contributed by atoms with van der Waals surface area (Å²) in [6.07, 6.45) is 0.914. The minimum Gasteiger partial charge on any atom is -0.382 e. The van der Waals surface area contributed by atoms with E-state index in [0.717, 1.165) is 58.3 Å². The molecule has 1 aromatic rings. The van der Waals surface area contributed by atoms with Crippen LogP contribution in [0.3, 0.4) is 0 Å². The quantitative estimate of drug-likeness (QED) is 0.408. The van der Waals surface area contributed by atoms with E-state index in [2.05, 4.69) is 52.2 Å². The lowest BCUT2D eigenvalue weighted by Crippen LogP contribution is -2.53. The molecule has 7 heteroatoms. The zero-order chi connectivity index (χ0) is 21.2. The van der Waals surface area contributed by atoms with Crippen molar-refractivity contribution in [1.29, 1.82) is 0 Å². The van der Waals surface area contributed by atoms with Gasteiger partial charge in [0, 0.05) is 65.7 Å². The number of hydrogen-bond acceptors (Lipinski definition) is 4. The number of nitrogens with zero attached hydrogens (tertiary/aromatic N) is 4. The first kappa shape index (κ1) is 23.0. The Labute approximate surface area is 175 Å². The number of rotatable bonds is 8. The highest BCUT2D eigenvalue weighted by Gasteiger charge is 2.21. The van der Waals surface area contributed by atoms with Crippen LogP contribution in [0, 0.1) is 13.8 Å². The van der Waals surface area contributed by atoms with E-state index in [1.807, 2.05) is 6.92 Å². The molecule has 1 amide bonds. The van der Waals surface area contributed by atoms with Gasteiger partial charge >= 0.3 is 0 Å². The SMILES string of the molecule is CCOCCCNC(=NCC(=O)N(C)C)N1CCN(c2cc(C)ccc2C)CC1. The summed E-state index contributed by atoms with van der Waals surface area (Å²) in [5, 5.41) is 3.42. The molecular formula is C22H37N5O2. The summed E-state index contributed by atoms with van der Waals surface area (Å²) in [6.45, 7) is 12.3. The predicted octanol–water partition coefficient (Wildman–Crippen LogP) is 1.89. The maximum Gasteiger partial charge on any atom is 0.243 e. The second kappa shape index (κ2) is 11.7. The van der Waals surface area contributed by atoms with Gasteiger partial charge < -0.3 is 24.8 Å². The summed E-state index contributed by atoms with van der Waals surface area (Å²) in [5.41, 5.74) is 3.91. The summed E-state index contributed by atoms with van der Waals surface area (Å²) in [7, 11) is 3.52. The number of likely N-dealkylation sites (N-methyl/N-ethyl adjacent to an activating group) is 1. The van der Waals surface area contributed by atoms with Crippen LogP contribution in [-0.4, -0.2) is 88.2 Å². The number of benzene rings is 1. The number of piperazine rings is 1. The van der Waals surface area contributed by atoms with E-state index in [4.69, 9.17) is 4.74 Å². The van der Waals surface area contributed by atoms with Gasteiger partial charge in [0.25, 0.3) is 0 Å². The molecule has 7 nitrogen and oxygen atoms in total. The number of aliphatic imine (C=N–C) groups is 1. The van der Waals surface area contributed by atoms with E-state index in [1.165, 1.54) is 16.8 Å². The molecule has 1 aromatic carbocycles. The second-order valence-electron chi connectivity index (χ2n) is 7.67. The summed E-state index contributed by atoms with van der Waals surface area (Å²) >= 11 is 0. The Morgan fingerprint density at radius 2 is 1.93 bits per heavy atom. The van der Waals surface area contributed by atoms with E-state index in [9.17, 15) is 4.79 Å². The number of nitrogens with one attached hydrogen (secondary N) is 1. The molecule has 0 radical (unpaired) electrons. The van der Waals surface area contributed by atoms with Gasteiger partial charge in [-0.15, -0.1) is 0 Å². The van der Waals surface area contributed by atoms with Crippen LogP contribution >= 0.6 is 0 Å². The minimum atomic E-state index is 0.00707. The summed E-state index contributed by atoms with van der Waals surface area (Å²) in [6, 6.07) is 6.62. The first-order valence-electron chi connectivity index (χ1n) is 10.6. The Kier molecular flexibility index (Phi) is 9.25. The smallest absolute Gasteiger partial charge is 0.243 e.